The van der Waals surface area contributed by atoms with Crippen molar-refractivity contribution in [1.29, 1.82) is 0 Å². The summed E-state index contributed by atoms with van der Waals surface area (Å²) < 4.78 is 15.3. The molecule has 0 aliphatic carbocycles. The SMILES string of the molecule is Cc1nc2ccc(NC(=O)CN3CCC(n4nnc5cc(F)ccc54)CC3)cc2[nH]1. The van der Waals surface area contributed by atoms with E-state index < -0.39 is 0 Å². The molecule has 0 radical (unpaired) electrons. The van der Waals surface area contributed by atoms with E-state index in [1.165, 1.54) is 12.1 Å². The molecule has 2 aromatic carbocycles. The lowest BCUT2D eigenvalue weighted by Crippen LogP contribution is -2.39. The Labute approximate surface area is 172 Å². The number of aryl methyl sites for hydroxylation is 1. The molecule has 0 spiro atoms. The number of aromatic amines is 1. The van der Waals surface area contributed by atoms with Crippen molar-refractivity contribution in [2.75, 3.05) is 25.0 Å². The molecule has 0 bridgehead atoms. The average Bonchev–Trinajstić information content (AvgIpc) is 3.30. The van der Waals surface area contributed by atoms with Crippen molar-refractivity contribution in [3.05, 3.63) is 48.0 Å². The van der Waals surface area contributed by atoms with Gasteiger partial charge in [-0.3, -0.25) is 9.69 Å². The topological polar surface area (TPSA) is 91.7 Å². The molecule has 4 aromatic rings. The van der Waals surface area contributed by atoms with Crippen LogP contribution in [0, 0.1) is 12.7 Å². The molecule has 0 atom stereocenters. The van der Waals surface area contributed by atoms with Gasteiger partial charge < -0.3 is 10.3 Å². The second-order valence-corrected chi connectivity index (χ2v) is 7.78. The highest BCUT2D eigenvalue weighted by Gasteiger charge is 2.24. The lowest BCUT2D eigenvalue weighted by atomic mass is 10.0. The van der Waals surface area contributed by atoms with Crippen molar-refractivity contribution in [3.8, 4) is 0 Å². The third-order valence-electron chi connectivity index (χ3n) is 5.59. The number of halogens is 1. The van der Waals surface area contributed by atoms with Gasteiger partial charge in [0.15, 0.2) is 0 Å². The summed E-state index contributed by atoms with van der Waals surface area (Å²) in [4.78, 5) is 22.2. The second-order valence-electron chi connectivity index (χ2n) is 7.78. The molecule has 9 heteroatoms. The summed E-state index contributed by atoms with van der Waals surface area (Å²) in [5.74, 6) is 0.504. The van der Waals surface area contributed by atoms with Gasteiger partial charge in [0, 0.05) is 24.8 Å². The number of aromatic nitrogens is 5. The van der Waals surface area contributed by atoms with Crippen LogP contribution in [-0.4, -0.2) is 55.4 Å². The minimum Gasteiger partial charge on any atom is -0.342 e. The number of carbonyl (C=O) groups excluding carboxylic acids is 1. The van der Waals surface area contributed by atoms with Crippen molar-refractivity contribution < 1.29 is 9.18 Å². The number of rotatable bonds is 4. The van der Waals surface area contributed by atoms with Crippen LogP contribution in [0.5, 0.6) is 0 Å². The van der Waals surface area contributed by atoms with E-state index in [2.05, 4.69) is 30.5 Å². The number of likely N-dealkylation sites (tertiary alicyclic amines) is 1. The predicted octanol–water partition coefficient (Wildman–Crippen LogP) is 3.03. The molecule has 0 saturated carbocycles. The van der Waals surface area contributed by atoms with Crippen LogP contribution < -0.4 is 5.32 Å². The van der Waals surface area contributed by atoms with Gasteiger partial charge in [-0.25, -0.2) is 14.1 Å². The van der Waals surface area contributed by atoms with Crippen LogP contribution >= 0.6 is 0 Å². The molecule has 1 fully saturated rings. The summed E-state index contributed by atoms with van der Waals surface area (Å²) in [6.45, 7) is 3.83. The molecule has 154 valence electrons. The van der Waals surface area contributed by atoms with Gasteiger partial charge in [0.25, 0.3) is 0 Å². The van der Waals surface area contributed by atoms with E-state index in [0.717, 1.165) is 54.0 Å². The van der Waals surface area contributed by atoms with Crippen LogP contribution in [0.25, 0.3) is 22.1 Å². The van der Waals surface area contributed by atoms with Gasteiger partial charge >= 0.3 is 0 Å². The van der Waals surface area contributed by atoms with Gasteiger partial charge in [-0.05, 0) is 50.1 Å². The second kappa shape index (κ2) is 7.49. The lowest BCUT2D eigenvalue weighted by Gasteiger charge is -2.31. The van der Waals surface area contributed by atoms with Crippen LogP contribution in [0.2, 0.25) is 0 Å². The van der Waals surface area contributed by atoms with E-state index in [1.807, 2.05) is 29.8 Å². The fourth-order valence-corrected chi connectivity index (χ4v) is 4.13. The minimum atomic E-state index is -0.308. The maximum absolute atomic E-state index is 13.4. The van der Waals surface area contributed by atoms with E-state index in [0.29, 0.717) is 12.1 Å². The van der Waals surface area contributed by atoms with E-state index in [4.69, 9.17) is 0 Å². The molecule has 1 saturated heterocycles. The summed E-state index contributed by atoms with van der Waals surface area (Å²) in [6.07, 6.45) is 1.73. The molecule has 1 amide bonds. The zero-order valence-electron chi connectivity index (χ0n) is 16.6. The summed E-state index contributed by atoms with van der Waals surface area (Å²) >= 11 is 0. The largest absolute Gasteiger partial charge is 0.342 e. The van der Waals surface area contributed by atoms with Gasteiger partial charge in [0.05, 0.1) is 29.1 Å². The van der Waals surface area contributed by atoms with E-state index in [-0.39, 0.29) is 17.8 Å². The Bertz CT molecular complexity index is 1220. The highest BCUT2D eigenvalue weighted by atomic mass is 19.1. The number of nitrogens with one attached hydrogen (secondary N) is 2. The number of H-pyrrole nitrogens is 1. The van der Waals surface area contributed by atoms with Crippen LogP contribution in [0.4, 0.5) is 10.1 Å². The molecular formula is C21H22FN7O. The molecule has 2 aromatic heterocycles. The highest BCUT2D eigenvalue weighted by Crippen LogP contribution is 2.25. The number of anilines is 1. The standard InChI is InChI=1S/C21H22FN7O/c1-13-23-17-4-3-15(11-18(17)24-13)25-21(30)12-28-8-6-16(7-9-28)29-20-5-2-14(22)10-19(20)26-27-29/h2-5,10-11,16H,6-9,12H2,1H3,(H,23,24)(H,25,30). The average molecular weight is 407 g/mol. The first-order valence-electron chi connectivity index (χ1n) is 10.0. The van der Waals surface area contributed by atoms with Gasteiger partial charge in [0.1, 0.15) is 17.2 Å². The number of fused-ring (bicyclic) bond motifs is 2. The molecule has 5 rings (SSSR count). The summed E-state index contributed by atoms with van der Waals surface area (Å²) in [5.41, 5.74) is 3.97. The number of imidazole rings is 1. The predicted molar refractivity (Wildman–Crippen MR) is 112 cm³/mol. The van der Waals surface area contributed by atoms with E-state index in [1.54, 1.807) is 6.07 Å². The lowest BCUT2D eigenvalue weighted by molar-refractivity contribution is -0.117. The Kier molecular flexibility index (Phi) is 4.66. The van der Waals surface area contributed by atoms with Crippen LogP contribution in [-0.2, 0) is 4.79 Å². The third-order valence-corrected chi connectivity index (χ3v) is 5.59. The van der Waals surface area contributed by atoms with Crippen molar-refractivity contribution in [2.45, 2.75) is 25.8 Å². The van der Waals surface area contributed by atoms with Gasteiger partial charge in [-0.2, -0.15) is 0 Å². The Balaban J connectivity index is 1.18. The summed E-state index contributed by atoms with van der Waals surface area (Å²) in [7, 11) is 0. The van der Waals surface area contributed by atoms with Gasteiger partial charge in [-0.1, -0.05) is 5.21 Å². The van der Waals surface area contributed by atoms with Crippen molar-refractivity contribution >= 4 is 33.7 Å². The van der Waals surface area contributed by atoms with Crippen LogP contribution in [0.1, 0.15) is 24.7 Å². The molecule has 1 aliphatic heterocycles. The first kappa shape index (κ1) is 18.7. The normalized spacial score (nSPS) is 15.8. The molecular weight excluding hydrogens is 385 g/mol. The maximum atomic E-state index is 13.4. The zero-order valence-corrected chi connectivity index (χ0v) is 16.6. The molecule has 3 heterocycles. The molecule has 8 nitrogen and oxygen atoms in total. The monoisotopic (exact) mass is 407 g/mol. The van der Waals surface area contributed by atoms with E-state index in [9.17, 15) is 9.18 Å². The number of amides is 1. The Morgan fingerprint density at radius 3 is 2.87 bits per heavy atom. The molecule has 0 unspecified atom stereocenters. The van der Waals surface area contributed by atoms with Crippen LogP contribution in [0.15, 0.2) is 36.4 Å². The Hall–Kier alpha value is -3.33. The van der Waals surface area contributed by atoms with Crippen molar-refractivity contribution in [3.63, 3.8) is 0 Å². The van der Waals surface area contributed by atoms with Crippen LogP contribution in [0.3, 0.4) is 0 Å². The summed E-state index contributed by atoms with van der Waals surface area (Å²) in [5, 5.41) is 11.3. The van der Waals surface area contributed by atoms with Gasteiger partial charge in [-0.15, -0.1) is 5.10 Å². The fourth-order valence-electron chi connectivity index (χ4n) is 4.13. The molecule has 2 N–H and O–H groups in total. The highest BCUT2D eigenvalue weighted by molar-refractivity contribution is 5.94. The number of carbonyl (C=O) groups is 1. The quantitative estimate of drug-likeness (QED) is 0.543. The molecule has 30 heavy (non-hydrogen) atoms. The van der Waals surface area contributed by atoms with Crippen molar-refractivity contribution in [2.24, 2.45) is 0 Å². The van der Waals surface area contributed by atoms with Gasteiger partial charge in [0.2, 0.25) is 5.91 Å². The zero-order chi connectivity index (χ0) is 20.7. The smallest absolute Gasteiger partial charge is 0.238 e. The summed E-state index contributed by atoms with van der Waals surface area (Å²) in [6, 6.07) is 10.4. The van der Waals surface area contributed by atoms with Crippen molar-refractivity contribution in [1.82, 2.24) is 29.9 Å². The Morgan fingerprint density at radius 1 is 1.20 bits per heavy atom. The third kappa shape index (κ3) is 3.63. The number of hydrogen-bond acceptors (Lipinski definition) is 5. The molecule has 1 aliphatic rings. The first-order valence-corrected chi connectivity index (χ1v) is 10.0. The minimum absolute atomic E-state index is 0.0364. The number of benzene rings is 2. The maximum Gasteiger partial charge on any atom is 0.238 e. The number of hydrogen-bond donors (Lipinski definition) is 2. The number of piperidine rings is 1. The number of nitrogens with zero attached hydrogens (tertiary/aromatic N) is 5. The fraction of sp³-hybridized carbons (Fsp3) is 0.333. The first-order chi connectivity index (χ1) is 14.5. The van der Waals surface area contributed by atoms with E-state index >= 15 is 0 Å². The Morgan fingerprint density at radius 2 is 2.03 bits per heavy atom.